The van der Waals surface area contributed by atoms with E-state index in [0.29, 0.717) is 19.6 Å². The van der Waals surface area contributed by atoms with E-state index in [9.17, 15) is 8.42 Å². The van der Waals surface area contributed by atoms with Crippen LogP contribution in [0.15, 0.2) is 0 Å². The van der Waals surface area contributed by atoms with Crippen LogP contribution >= 0.6 is 0 Å². The standard InChI is InChI=1S/C13H29N3O2S/c1-4-6-11-16(13(3)5-2)19(17,18)15-10-7-8-14-9-12-15/h13-14H,4-12H2,1-3H3. The zero-order valence-corrected chi connectivity index (χ0v) is 13.4. The van der Waals surface area contributed by atoms with E-state index in [1.54, 1.807) is 8.61 Å². The lowest BCUT2D eigenvalue weighted by Crippen LogP contribution is -2.49. The third-order valence-corrected chi connectivity index (χ3v) is 5.89. The van der Waals surface area contributed by atoms with Gasteiger partial charge >= 0.3 is 0 Å². The normalized spacial score (nSPS) is 20.4. The molecule has 6 heteroatoms. The second-order valence-corrected chi connectivity index (χ2v) is 7.11. The van der Waals surface area contributed by atoms with E-state index in [1.165, 1.54) is 0 Å². The summed E-state index contributed by atoms with van der Waals surface area (Å²) < 4.78 is 28.9. The summed E-state index contributed by atoms with van der Waals surface area (Å²) in [6, 6.07) is 0.0766. The largest absolute Gasteiger partial charge is 0.315 e. The average molecular weight is 291 g/mol. The van der Waals surface area contributed by atoms with Gasteiger partial charge in [0, 0.05) is 32.2 Å². The van der Waals surface area contributed by atoms with Crippen molar-refractivity contribution in [3.63, 3.8) is 0 Å². The van der Waals surface area contributed by atoms with Gasteiger partial charge < -0.3 is 5.32 Å². The molecule has 1 aliphatic rings. The Balaban J connectivity index is 2.83. The first-order valence-electron chi connectivity index (χ1n) is 7.51. The number of nitrogens with zero attached hydrogens (tertiary/aromatic N) is 2. The van der Waals surface area contributed by atoms with E-state index in [1.807, 2.05) is 13.8 Å². The van der Waals surface area contributed by atoms with Crippen LogP contribution in [0, 0.1) is 0 Å². The molecule has 0 aliphatic carbocycles. The summed E-state index contributed by atoms with van der Waals surface area (Å²) in [4.78, 5) is 0. The summed E-state index contributed by atoms with van der Waals surface area (Å²) in [7, 11) is -3.30. The molecule has 0 aromatic rings. The predicted octanol–water partition coefficient (Wildman–Crippen LogP) is 1.43. The van der Waals surface area contributed by atoms with Crippen molar-refractivity contribution in [2.75, 3.05) is 32.7 Å². The zero-order chi connectivity index (χ0) is 14.3. The Kier molecular flexibility index (Phi) is 7.28. The first-order valence-corrected chi connectivity index (χ1v) is 8.91. The fourth-order valence-corrected chi connectivity index (χ4v) is 4.22. The Bertz CT molecular complexity index is 338. The predicted molar refractivity (Wildman–Crippen MR) is 79.3 cm³/mol. The summed E-state index contributed by atoms with van der Waals surface area (Å²) in [6.45, 7) is 9.66. The van der Waals surface area contributed by atoms with Crippen molar-refractivity contribution in [1.29, 1.82) is 0 Å². The molecule has 1 saturated heterocycles. The van der Waals surface area contributed by atoms with Crippen LogP contribution in [0.3, 0.4) is 0 Å². The lowest BCUT2D eigenvalue weighted by atomic mass is 10.2. The molecule has 1 unspecified atom stereocenters. The third-order valence-electron chi connectivity index (χ3n) is 3.74. The van der Waals surface area contributed by atoms with Gasteiger partial charge in [0.2, 0.25) is 0 Å². The monoisotopic (exact) mass is 291 g/mol. The molecule has 0 bridgehead atoms. The van der Waals surface area contributed by atoms with Crippen molar-refractivity contribution in [3.05, 3.63) is 0 Å². The van der Waals surface area contributed by atoms with Crippen LogP contribution in [0.2, 0.25) is 0 Å². The van der Waals surface area contributed by atoms with Gasteiger partial charge in [-0.25, -0.2) is 0 Å². The fourth-order valence-electron chi connectivity index (χ4n) is 2.28. The maximum absolute atomic E-state index is 12.8. The van der Waals surface area contributed by atoms with Gasteiger partial charge in [-0.2, -0.15) is 17.0 Å². The van der Waals surface area contributed by atoms with Gasteiger partial charge in [0.15, 0.2) is 0 Å². The van der Waals surface area contributed by atoms with Gasteiger partial charge in [-0.3, -0.25) is 0 Å². The van der Waals surface area contributed by atoms with Crippen molar-refractivity contribution in [2.45, 2.75) is 52.5 Å². The fraction of sp³-hybridized carbons (Fsp3) is 1.00. The Morgan fingerprint density at radius 3 is 2.63 bits per heavy atom. The smallest absolute Gasteiger partial charge is 0.282 e. The molecule has 1 aliphatic heterocycles. The van der Waals surface area contributed by atoms with Crippen molar-refractivity contribution < 1.29 is 8.42 Å². The number of rotatable bonds is 7. The molecule has 0 saturated carbocycles. The van der Waals surface area contributed by atoms with E-state index in [4.69, 9.17) is 0 Å². The van der Waals surface area contributed by atoms with Gasteiger partial charge in [-0.1, -0.05) is 20.3 Å². The number of unbranched alkanes of at least 4 members (excludes halogenated alkanes) is 1. The molecular formula is C13H29N3O2S. The maximum Gasteiger partial charge on any atom is 0.282 e. The molecule has 1 fully saturated rings. The molecular weight excluding hydrogens is 262 g/mol. The van der Waals surface area contributed by atoms with Crippen LogP contribution in [0.25, 0.3) is 0 Å². The Morgan fingerprint density at radius 1 is 1.26 bits per heavy atom. The second kappa shape index (κ2) is 8.19. The zero-order valence-electron chi connectivity index (χ0n) is 12.6. The number of nitrogens with one attached hydrogen (secondary N) is 1. The first-order chi connectivity index (χ1) is 9.04. The van der Waals surface area contributed by atoms with Crippen molar-refractivity contribution in [1.82, 2.24) is 13.9 Å². The highest BCUT2D eigenvalue weighted by atomic mass is 32.2. The molecule has 1 N–H and O–H groups in total. The van der Waals surface area contributed by atoms with E-state index >= 15 is 0 Å². The van der Waals surface area contributed by atoms with E-state index in [2.05, 4.69) is 12.2 Å². The number of hydrogen-bond donors (Lipinski definition) is 1. The highest BCUT2D eigenvalue weighted by Gasteiger charge is 2.32. The van der Waals surface area contributed by atoms with Gasteiger partial charge in [0.1, 0.15) is 0 Å². The van der Waals surface area contributed by atoms with Gasteiger partial charge in [0.25, 0.3) is 10.2 Å². The van der Waals surface area contributed by atoms with Gasteiger partial charge in [-0.15, -0.1) is 0 Å². The minimum atomic E-state index is -3.30. The molecule has 1 heterocycles. The molecule has 0 spiro atoms. The summed E-state index contributed by atoms with van der Waals surface area (Å²) in [5.41, 5.74) is 0. The van der Waals surface area contributed by atoms with Crippen molar-refractivity contribution in [3.8, 4) is 0 Å². The quantitative estimate of drug-likeness (QED) is 0.772. The SMILES string of the molecule is CCCCN(C(C)CC)S(=O)(=O)N1CCCNCC1. The first kappa shape index (κ1) is 16.9. The van der Waals surface area contributed by atoms with Crippen LogP contribution < -0.4 is 5.32 Å². The summed E-state index contributed by atoms with van der Waals surface area (Å²) >= 11 is 0. The van der Waals surface area contributed by atoms with E-state index < -0.39 is 10.2 Å². The topological polar surface area (TPSA) is 52.7 Å². The molecule has 0 aromatic heterocycles. The Morgan fingerprint density at radius 2 is 2.00 bits per heavy atom. The molecule has 19 heavy (non-hydrogen) atoms. The average Bonchev–Trinajstić information content (AvgIpc) is 2.67. The summed E-state index contributed by atoms with van der Waals surface area (Å²) in [5, 5.41) is 3.25. The summed E-state index contributed by atoms with van der Waals surface area (Å²) in [5.74, 6) is 0. The molecule has 114 valence electrons. The van der Waals surface area contributed by atoms with E-state index in [0.717, 1.165) is 38.8 Å². The lowest BCUT2D eigenvalue weighted by molar-refractivity contribution is 0.288. The summed E-state index contributed by atoms with van der Waals surface area (Å²) in [6.07, 6.45) is 3.69. The molecule has 5 nitrogen and oxygen atoms in total. The second-order valence-electron chi connectivity index (χ2n) is 5.23. The minimum Gasteiger partial charge on any atom is -0.315 e. The third kappa shape index (κ3) is 4.70. The highest BCUT2D eigenvalue weighted by Crippen LogP contribution is 2.16. The van der Waals surface area contributed by atoms with Crippen molar-refractivity contribution in [2.24, 2.45) is 0 Å². The maximum atomic E-state index is 12.8. The van der Waals surface area contributed by atoms with Crippen LogP contribution in [0.4, 0.5) is 0 Å². The molecule has 1 rings (SSSR count). The van der Waals surface area contributed by atoms with Gasteiger partial charge in [-0.05, 0) is 32.7 Å². The van der Waals surface area contributed by atoms with E-state index in [-0.39, 0.29) is 6.04 Å². The minimum absolute atomic E-state index is 0.0766. The Labute approximate surface area is 118 Å². The molecule has 0 aromatic carbocycles. The molecule has 0 amide bonds. The van der Waals surface area contributed by atoms with Crippen molar-refractivity contribution >= 4 is 10.2 Å². The molecule has 1 atom stereocenters. The Hall–Kier alpha value is -0.170. The number of hydrogen-bond acceptors (Lipinski definition) is 3. The lowest BCUT2D eigenvalue weighted by Gasteiger charge is -2.32. The van der Waals surface area contributed by atoms with Crippen LogP contribution in [-0.4, -0.2) is 55.8 Å². The van der Waals surface area contributed by atoms with Gasteiger partial charge in [0.05, 0.1) is 0 Å². The highest BCUT2D eigenvalue weighted by molar-refractivity contribution is 7.86. The van der Waals surface area contributed by atoms with Crippen LogP contribution in [-0.2, 0) is 10.2 Å². The van der Waals surface area contributed by atoms with Crippen LogP contribution in [0.1, 0.15) is 46.5 Å². The van der Waals surface area contributed by atoms with Crippen LogP contribution in [0.5, 0.6) is 0 Å². The molecule has 0 radical (unpaired) electrons.